The molecule has 0 spiro atoms. The van der Waals surface area contributed by atoms with Crippen molar-refractivity contribution in [3.05, 3.63) is 35.8 Å². The van der Waals surface area contributed by atoms with Gasteiger partial charge in [0.2, 0.25) is 0 Å². The van der Waals surface area contributed by atoms with Crippen LogP contribution in [0.3, 0.4) is 0 Å². The van der Waals surface area contributed by atoms with Gasteiger partial charge < -0.3 is 14.9 Å². The summed E-state index contributed by atoms with van der Waals surface area (Å²) in [5.74, 6) is 0.371. The van der Waals surface area contributed by atoms with Crippen LogP contribution in [-0.2, 0) is 4.74 Å². The number of hydrogen-bond donors (Lipinski definition) is 1. The van der Waals surface area contributed by atoms with Crippen LogP contribution in [-0.4, -0.2) is 12.7 Å². The predicted molar refractivity (Wildman–Crippen MR) is 73.4 cm³/mol. The summed E-state index contributed by atoms with van der Waals surface area (Å²) < 4.78 is 24.5. The lowest BCUT2D eigenvalue weighted by Gasteiger charge is -2.21. The smallest absolute Gasteiger partial charge is 0.134 e. The van der Waals surface area contributed by atoms with Crippen LogP contribution < -0.4 is 5.73 Å². The number of fused-ring (bicyclic) bond motifs is 1. The lowest BCUT2D eigenvalue weighted by Crippen LogP contribution is -2.28. The maximum atomic E-state index is 13.1. The van der Waals surface area contributed by atoms with Gasteiger partial charge in [0.15, 0.2) is 0 Å². The molecule has 1 aromatic heterocycles. The van der Waals surface area contributed by atoms with Crippen molar-refractivity contribution in [2.45, 2.75) is 38.8 Å². The first kappa shape index (κ1) is 14.0. The monoisotopic (exact) mass is 265 g/mol. The van der Waals surface area contributed by atoms with Crippen LogP contribution >= 0.6 is 0 Å². The summed E-state index contributed by atoms with van der Waals surface area (Å²) in [7, 11) is 0. The summed E-state index contributed by atoms with van der Waals surface area (Å²) in [4.78, 5) is 0. The molecule has 0 saturated heterocycles. The van der Waals surface area contributed by atoms with Crippen molar-refractivity contribution in [2.24, 2.45) is 5.73 Å². The summed E-state index contributed by atoms with van der Waals surface area (Å²) in [5.41, 5.74) is 6.85. The number of benzene rings is 1. The van der Waals surface area contributed by atoms with Crippen LogP contribution in [0.15, 0.2) is 28.7 Å². The van der Waals surface area contributed by atoms with Gasteiger partial charge in [0.05, 0.1) is 12.1 Å². The van der Waals surface area contributed by atoms with Crippen LogP contribution in [0.4, 0.5) is 4.39 Å². The van der Waals surface area contributed by atoms with Crippen molar-refractivity contribution in [2.75, 3.05) is 6.61 Å². The molecular weight excluding hydrogens is 245 g/mol. The van der Waals surface area contributed by atoms with Gasteiger partial charge in [-0.05, 0) is 37.6 Å². The van der Waals surface area contributed by atoms with Crippen molar-refractivity contribution >= 4 is 11.0 Å². The van der Waals surface area contributed by atoms with E-state index < -0.39 is 0 Å². The zero-order valence-corrected chi connectivity index (χ0v) is 11.4. The van der Waals surface area contributed by atoms with Gasteiger partial charge >= 0.3 is 0 Å². The maximum absolute atomic E-state index is 13.1. The fraction of sp³-hybridized carbons (Fsp3) is 0.467. The molecule has 0 radical (unpaired) electrons. The Morgan fingerprint density at radius 2 is 2.11 bits per heavy atom. The van der Waals surface area contributed by atoms with Crippen molar-refractivity contribution < 1.29 is 13.5 Å². The second-order valence-electron chi connectivity index (χ2n) is 4.64. The van der Waals surface area contributed by atoms with E-state index >= 15 is 0 Å². The van der Waals surface area contributed by atoms with Gasteiger partial charge in [0.1, 0.15) is 17.2 Å². The number of furan rings is 1. The largest absolute Gasteiger partial charge is 0.459 e. The number of halogens is 1. The lowest BCUT2D eigenvalue weighted by molar-refractivity contribution is 0.0329. The Morgan fingerprint density at radius 1 is 1.32 bits per heavy atom. The Bertz CT molecular complexity index is 532. The standard InChI is InChI=1S/C15H20FNO2/c1-3-5-13(18-4-2)15(17)14-9-10-8-11(16)6-7-12(10)19-14/h6-9,13,15H,3-5,17H2,1-2H3. The van der Waals surface area contributed by atoms with Gasteiger partial charge in [0.25, 0.3) is 0 Å². The third kappa shape index (κ3) is 3.14. The predicted octanol–water partition coefficient (Wildman–Crippen LogP) is 3.78. The van der Waals surface area contributed by atoms with Crippen LogP contribution in [0, 0.1) is 5.82 Å². The molecule has 1 aromatic carbocycles. The average Bonchev–Trinajstić information content (AvgIpc) is 2.80. The van der Waals surface area contributed by atoms with Crippen LogP contribution in [0.1, 0.15) is 38.5 Å². The molecule has 1 heterocycles. The van der Waals surface area contributed by atoms with Crippen LogP contribution in [0.25, 0.3) is 11.0 Å². The molecule has 2 N–H and O–H groups in total. The number of rotatable bonds is 6. The van der Waals surface area contributed by atoms with E-state index in [1.54, 1.807) is 12.1 Å². The van der Waals surface area contributed by atoms with Crippen LogP contribution in [0.5, 0.6) is 0 Å². The van der Waals surface area contributed by atoms with E-state index in [1.807, 2.05) is 6.92 Å². The quantitative estimate of drug-likeness (QED) is 0.864. The van der Waals surface area contributed by atoms with E-state index in [-0.39, 0.29) is 18.0 Å². The highest BCUT2D eigenvalue weighted by Gasteiger charge is 2.22. The van der Waals surface area contributed by atoms with E-state index in [0.717, 1.165) is 18.2 Å². The summed E-state index contributed by atoms with van der Waals surface area (Å²) in [6, 6.07) is 5.93. The first-order valence-corrected chi connectivity index (χ1v) is 6.71. The Morgan fingerprint density at radius 3 is 2.79 bits per heavy atom. The SMILES string of the molecule is CCCC(OCC)C(N)c1cc2cc(F)ccc2o1. The van der Waals surface area contributed by atoms with E-state index in [1.165, 1.54) is 12.1 Å². The Balaban J connectivity index is 2.26. The van der Waals surface area contributed by atoms with Gasteiger partial charge in [-0.1, -0.05) is 13.3 Å². The van der Waals surface area contributed by atoms with E-state index in [2.05, 4.69) is 6.92 Å². The Labute approximate surface area is 112 Å². The van der Waals surface area contributed by atoms with Gasteiger partial charge in [-0.15, -0.1) is 0 Å². The summed E-state index contributed by atoms with van der Waals surface area (Å²) in [5, 5.41) is 0.734. The molecule has 19 heavy (non-hydrogen) atoms. The number of ether oxygens (including phenoxy) is 1. The van der Waals surface area contributed by atoms with Crippen molar-refractivity contribution in [3.8, 4) is 0 Å². The molecule has 0 fully saturated rings. The first-order chi connectivity index (χ1) is 9.15. The third-order valence-electron chi connectivity index (χ3n) is 3.18. The van der Waals surface area contributed by atoms with E-state index in [4.69, 9.17) is 14.9 Å². The lowest BCUT2D eigenvalue weighted by atomic mass is 10.0. The summed E-state index contributed by atoms with van der Waals surface area (Å²) >= 11 is 0. The van der Waals surface area contributed by atoms with Crippen molar-refractivity contribution in [3.63, 3.8) is 0 Å². The molecular formula is C15H20FNO2. The molecule has 0 bridgehead atoms. The highest BCUT2D eigenvalue weighted by atomic mass is 19.1. The number of nitrogens with two attached hydrogens (primary N) is 1. The Kier molecular flexibility index (Phi) is 4.56. The first-order valence-electron chi connectivity index (χ1n) is 6.71. The molecule has 2 unspecified atom stereocenters. The molecule has 0 aliphatic heterocycles. The van der Waals surface area contributed by atoms with E-state index in [9.17, 15) is 4.39 Å². The molecule has 0 aliphatic rings. The second-order valence-corrected chi connectivity index (χ2v) is 4.64. The third-order valence-corrected chi connectivity index (χ3v) is 3.18. The van der Waals surface area contributed by atoms with Gasteiger partial charge in [-0.25, -0.2) is 4.39 Å². The Hall–Kier alpha value is -1.39. The van der Waals surface area contributed by atoms with Crippen molar-refractivity contribution in [1.82, 2.24) is 0 Å². The molecule has 0 saturated carbocycles. The molecule has 2 atom stereocenters. The second kappa shape index (κ2) is 6.17. The minimum absolute atomic E-state index is 0.0691. The fourth-order valence-corrected chi connectivity index (χ4v) is 2.25. The van der Waals surface area contributed by atoms with Gasteiger partial charge in [-0.2, -0.15) is 0 Å². The molecule has 4 heteroatoms. The van der Waals surface area contributed by atoms with E-state index in [0.29, 0.717) is 18.0 Å². The average molecular weight is 265 g/mol. The van der Waals surface area contributed by atoms with Crippen molar-refractivity contribution in [1.29, 1.82) is 0 Å². The molecule has 0 amide bonds. The minimum atomic E-state index is -0.324. The zero-order chi connectivity index (χ0) is 13.8. The summed E-state index contributed by atoms with van der Waals surface area (Å²) in [6.07, 6.45) is 1.80. The molecule has 3 nitrogen and oxygen atoms in total. The molecule has 0 aliphatic carbocycles. The number of hydrogen-bond acceptors (Lipinski definition) is 3. The highest BCUT2D eigenvalue weighted by Crippen LogP contribution is 2.27. The molecule has 2 rings (SSSR count). The summed E-state index contributed by atoms with van der Waals surface area (Å²) in [6.45, 7) is 4.66. The molecule has 104 valence electrons. The molecule has 2 aromatic rings. The van der Waals surface area contributed by atoms with Gasteiger partial charge in [-0.3, -0.25) is 0 Å². The zero-order valence-electron chi connectivity index (χ0n) is 11.4. The fourth-order valence-electron chi connectivity index (χ4n) is 2.25. The maximum Gasteiger partial charge on any atom is 0.134 e. The normalized spacial score (nSPS) is 14.7. The highest BCUT2D eigenvalue weighted by molar-refractivity contribution is 5.78. The minimum Gasteiger partial charge on any atom is -0.459 e. The topological polar surface area (TPSA) is 48.4 Å². The van der Waals surface area contributed by atoms with Crippen LogP contribution in [0.2, 0.25) is 0 Å². The van der Waals surface area contributed by atoms with Gasteiger partial charge in [0, 0.05) is 12.0 Å².